The molecule has 2 aliphatic rings. The van der Waals surface area contributed by atoms with E-state index in [9.17, 15) is 14.7 Å². The number of amides is 2. The molecule has 8 heteroatoms. The van der Waals surface area contributed by atoms with Crippen molar-refractivity contribution in [3.8, 4) is 5.75 Å². The van der Waals surface area contributed by atoms with Crippen molar-refractivity contribution >= 4 is 23.9 Å². The number of hydrogen-bond donors (Lipinski definition) is 5. The van der Waals surface area contributed by atoms with Crippen LogP contribution in [0.25, 0.3) is 0 Å². The maximum atomic E-state index is 12.1. The SMILES string of the molecule is O=C(O)CCC1=CC2C(NC(=O)Nc3cccc(O)c3)=CNC2N=C1. The topological polar surface area (TPSA) is 123 Å². The minimum atomic E-state index is -0.861. The molecule has 0 aliphatic carbocycles. The van der Waals surface area contributed by atoms with Crippen LogP contribution in [-0.4, -0.2) is 34.6 Å². The van der Waals surface area contributed by atoms with Gasteiger partial charge in [-0.1, -0.05) is 12.1 Å². The first-order valence-electron chi connectivity index (χ1n) is 7.80. The van der Waals surface area contributed by atoms with E-state index < -0.39 is 12.0 Å². The number of carbonyl (C=O) groups excluding carboxylic acids is 1. The van der Waals surface area contributed by atoms with Gasteiger partial charge in [-0.2, -0.15) is 0 Å². The molecular formula is C17H18N4O4. The third-order valence-electron chi connectivity index (χ3n) is 3.89. The Morgan fingerprint density at radius 1 is 1.28 bits per heavy atom. The molecule has 2 heterocycles. The minimum absolute atomic E-state index is 0.0349. The number of anilines is 1. The van der Waals surface area contributed by atoms with Crippen molar-refractivity contribution in [2.75, 3.05) is 5.32 Å². The molecule has 0 aromatic heterocycles. The third-order valence-corrected chi connectivity index (χ3v) is 3.89. The highest BCUT2D eigenvalue weighted by Gasteiger charge is 2.30. The number of rotatable bonds is 5. The lowest BCUT2D eigenvalue weighted by Crippen LogP contribution is -2.34. The number of nitrogens with one attached hydrogen (secondary N) is 3. The maximum absolute atomic E-state index is 12.1. The largest absolute Gasteiger partial charge is 0.508 e. The van der Waals surface area contributed by atoms with Crippen LogP contribution in [-0.2, 0) is 4.79 Å². The van der Waals surface area contributed by atoms with Gasteiger partial charge < -0.3 is 26.2 Å². The van der Waals surface area contributed by atoms with E-state index in [1.165, 1.54) is 12.1 Å². The number of fused-ring (bicyclic) bond motifs is 1. The van der Waals surface area contributed by atoms with Crippen molar-refractivity contribution in [3.05, 3.63) is 47.8 Å². The number of carboxylic acids is 1. The molecule has 2 unspecified atom stereocenters. The highest BCUT2D eigenvalue weighted by Crippen LogP contribution is 2.27. The molecule has 0 fully saturated rings. The van der Waals surface area contributed by atoms with E-state index in [0.29, 0.717) is 17.8 Å². The van der Waals surface area contributed by atoms with Gasteiger partial charge in [0.2, 0.25) is 0 Å². The van der Waals surface area contributed by atoms with Crippen molar-refractivity contribution in [1.29, 1.82) is 0 Å². The van der Waals surface area contributed by atoms with E-state index in [1.54, 1.807) is 24.5 Å². The Hall–Kier alpha value is -3.29. The van der Waals surface area contributed by atoms with Crippen molar-refractivity contribution in [2.45, 2.75) is 19.0 Å². The lowest BCUT2D eigenvalue weighted by Gasteiger charge is -2.21. The fourth-order valence-corrected chi connectivity index (χ4v) is 2.71. The fraction of sp³-hybridized carbons (Fsp3) is 0.235. The summed E-state index contributed by atoms with van der Waals surface area (Å²) in [6.07, 6.45) is 5.50. The van der Waals surface area contributed by atoms with Crippen LogP contribution in [0.15, 0.2) is 52.8 Å². The molecule has 3 rings (SSSR count). The average molecular weight is 342 g/mol. The molecule has 0 spiro atoms. The molecule has 8 nitrogen and oxygen atoms in total. The fourth-order valence-electron chi connectivity index (χ4n) is 2.71. The van der Waals surface area contributed by atoms with Crippen LogP contribution in [0.1, 0.15) is 12.8 Å². The van der Waals surface area contributed by atoms with E-state index >= 15 is 0 Å². The van der Waals surface area contributed by atoms with Crippen molar-refractivity contribution < 1.29 is 19.8 Å². The number of phenols is 1. The number of dihydropyridines is 1. The van der Waals surface area contributed by atoms with Crippen LogP contribution in [0.2, 0.25) is 0 Å². The van der Waals surface area contributed by atoms with Gasteiger partial charge in [-0.25, -0.2) is 4.79 Å². The lowest BCUT2D eigenvalue weighted by atomic mass is 9.97. The zero-order valence-corrected chi connectivity index (χ0v) is 13.3. The summed E-state index contributed by atoms with van der Waals surface area (Å²) in [6, 6.07) is 5.82. The molecule has 2 amide bonds. The predicted octanol–water partition coefficient (Wildman–Crippen LogP) is 1.78. The summed E-state index contributed by atoms with van der Waals surface area (Å²) in [5.41, 5.74) is 1.95. The molecule has 130 valence electrons. The number of carboxylic acid groups (broad SMARTS) is 1. The monoisotopic (exact) mass is 342 g/mol. The molecule has 0 saturated carbocycles. The Labute approximate surface area is 144 Å². The van der Waals surface area contributed by atoms with Crippen LogP contribution >= 0.6 is 0 Å². The Bertz CT molecular complexity index is 785. The molecular weight excluding hydrogens is 324 g/mol. The highest BCUT2D eigenvalue weighted by atomic mass is 16.4. The van der Waals surface area contributed by atoms with E-state index in [4.69, 9.17) is 5.11 Å². The molecule has 2 aliphatic heterocycles. The Morgan fingerprint density at radius 2 is 2.12 bits per heavy atom. The van der Waals surface area contributed by atoms with Gasteiger partial charge in [-0.15, -0.1) is 0 Å². The van der Waals surface area contributed by atoms with Crippen LogP contribution in [0.5, 0.6) is 5.75 Å². The third kappa shape index (κ3) is 4.17. The predicted molar refractivity (Wildman–Crippen MR) is 92.2 cm³/mol. The molecule has 0 radical (unpaired) electrons. The van der Waals surface area contributed by atoms with Crippen LogP contribution in [0.3, 0.4) is 0 Å². The lowest BCUT2D eigenvalue weighted by molar-refractivity contribution is -0.136. The van der Waals surface area contributed by atoms with E-state index in [2.05, 4.69) is 20.9 Å². The van der Waals surface area contributed by atoms with Gasteiger partial charge in [-0.05, 0) is 24.1 Å². The maximum Gasteiger partial charge on any atom is 0.323 e. The summed E-state index contributed by atoms with van der Waals surface area (Å²) < 4.78 is 0. The second-order valence-corrected chi connectivity index (χ2v) is 5.78. The normalized spacial score (nSPS) is 20.8. The summed E-state index contributed by atoms with van der Waals surface area (Å²) in [4.78, 5) is 27.2. The number of allylic oxidation sites excluding steroid dienone is 1. The number of phenolic OH excluding ortho intramolecular Hbond substituents is 1. The molecule has 1 aromatic rings. The second kappa shape index (κ2) is 7.08. The molecule has 2 atom stereocenters. The van der Waals surface area contributed by atoms with Crippen LogP contribution in [0, 0.1) is 5.92 Å². The molecule has 25 heavy (non-hydrogen) atoms. The number of aliphatic imine (C=N–C) groups is 1. The Balaban J connectivity index is 1.62. The van der Waals surface area contributed by atoms with Gasteiger partial charge >= 0.3 is 12.0 Å². The first kappa shape index (κ1) is 16.6. The number of urea groups is 1. The Morgan fingerprint density at radius 3 is 2.88 bits per heavy atom. The summed E-state index contributed by atoms with van der Waals surface area (Å²) in [6.45, 7) is 0. The molecule has 5 N–H and O–H groups in total. The van der Waals surface area contributed by atoms with Gasteiger partial charge in [0.25, 0.3) is 0 Å². The van der Waals surface area contributed by atoms with E-state index in [-0.39, 0.29) is 24.3 Å². The van der Waals surface area contributed by atoms with Crippen LogP contribution in [0.4, 0.5) is 10.5 Å². The number of aromatic hydroxyl groups is 1. The van der Waals surface area contributed by atoms with E-state index in [1.807, 2.05) is 6.08 Å². The van der Waals surface area contributed by atoms with Gasteiger partial charge in [0.05, 0.1) is 5.92 Å². The minimum Gasteiger partial charge on any atom is -0.508 e. The first-order chi connectivity index (χ1) is 12.0. The van der Waals surface area contributed by atoms with Crippen molar-refractivity contribution in [1.82, 2.24) is 10.6 Å². The number of nitrogens with zero attached hydrogens (tertiary/aromatic N) is 1. The summed E-state index contributed by atoms with van der Waals surface area (Å²) in [5, 5.41) is 26.7. The Kier molecular flexibility index (Phi) is 4.69. The van der Waals surface area contributed by atoms with Crippen molar-refractivity contribution in [3.63, 3.8) is 0 Å². The number of carbonyl (C=O) groups is 2. The average Bonchev–Trinajstić information content (AvgIpc) is 2.95. The number of hydrogen-bond acceptors (Lipinski definition) is 5. The smallest absolute Gasteiger partial charge is 0.323 e. The van der Waals surface area contributed by atoms with Gasteiger partial charge in [0, 0.05) is 36.3 Å². The standard InChI is InChI=1S/C17H18N4O4/c22-12-3-1-2-11(7-12)20-17(25)21-14-9-19-16-13(14)6-10(8-18-16)4-5-15(23)24/h1-3,6-9,13,16,19,22H,4-5H2,(H,23,24)(H2,20,21,25). The number of aliphatic carboxylic acids is 1. The molecule has 0 bridgehead atoms. The van der Waals surface area contributed by atoms with E-state index in [0.717, 1.165) is 5.57 Å². The summed E-state index contributed by atoms with van der Waals surface area (Å²) in [7, 11) is 0. The quantitative estimate of drug-likeness (QED) is 0.558. The highest BCUT2D eigenvalue weighted by molar-refractivity contribution is 5.91. The molecule has 1 aromatic carbocycles. The zero-order valence-electron chi connectivity index (χ0n) is 13.3. The molecule has 0 saturated heterocycles. The van der Waals surface area contributed by atoms with Gasteiger partial charge in [0.1, 0.15) is 11.9 Å². The van der Waals surface area contributed by atoms with Gasteiger partial charge in [0.15, 0.2) is 0 Å². The van der Waals surface area contributed by atoms with Crippen LogP contribution < -0.4 is 16.0 Å². The second-order valence-electron chi connectivity index (χ2n) is 5.78. The summed E-state index contributed by atoms with van der Waals surface area (Å²) >= 11 is 0. The zero-order chi connectivity index (χ0) is 17.8. The van der Waals surface area contributed by atoms with Gasteiger partial charge in [-0.3, -0.25) is 9.79 Å². The summed E-state index contributed by atoms with van der Waals surface area (Å²) in [5.74, 6) is -0.962. The number of benzene rings is 1. The first-order valence-corrected chi connectivity index (χ1v) is 7.80. The van der Waals surface area contributed by atoms with Crippen molar-refractivity contribution in [2.24, 2.45) is 10.9 Å².